The van der Waals surface area contributed by atoms with Gasteiger partial charge in [-0.25, -0.2) is 9.97 Å². The molecule has 0 fully saturated rings. The van der Waals surface area contributed by atoms with Gasteiger partial charge in [0.2, 0.25) is 0 Å². The van der Waals surface area contributed by atoms with E-state index in [1.807, 2.05) is 24.3 Å². The van der Waals surface area contributed by atoms with Gasteiger partial charge in [-0.1, -0.05) is 28.1 Å². The Balaban J connectivity index is 1.91. The summed E-state index contributed by atoms with van der Waals surface area (Å²) in [6.45, 7) is 1.20. The molecule has 130 valence electrons. The maximum atomic E-state index is 5.66. The van der Waals surface area contributed by atoms with Gasteiger partial charge in [0.05, 0.1) is 10.2 Å². The minimum Gasteiger partial charge on any atom is -0.367 e. The van der Waals surface area contributed by atoms with Crippen LogP contribution in [-0.2, 0) is 0 Å². The average Bonchev–Trinajstić information content (AvgIpc) is 3.11. The first-order chi connectivity index (χ1) is 12.8. The summed E-state index contributed by atoms with van der Waals surface area (Å²) in [6.07, 6.45) is 3.50. The first kappa shape index (κ1) is 17.1. The van der Waals surface area contributed by atoms with Gasteiger partial charge in [-0.3, -0.25) is 4.98 Å². The number of pyridine rings is 1. The van der Waals surface area contributed by atoms with E-state index in [1.54, 1.807) is 23.7 Å². The van der Waals surface area contributed by atoms with E-state index in [4.69, 9.17) is 15.7 Å². The summed E-state index contributed by atoms with van der Waals surface area (Å²) in [4.78, 5) is 13.7. The quantitative estimate of drug-likeness (QED) is 0.490. The highest BCUT2D eigenvalue weighted by atomic mass is 79.9. The van der Waals surface area contributed by atoms with Crippen LogP contribution in [-0.4, -0.2) is 28.0 Å². The van der Waals surface area contributed by atoms with Gasteiger partial charge in [0, 0.05) is 46.5 Å². The maximum Gasteiger partial charge on any atom is 0.162 e. The topological polar surface area (TPSA) is 76.7 Å². The van der Waals surface area contributed by atoms with E-state index in [0.29, 0.717) is 18.9 Å². The van der Waals surface area contributed by atoms with Gasteiger partial charge in [-0.2, -0.15) is 0 Å². The molecule has 7 heteroatoms. The lowest BCUT2D eigenvalue weighted by Crippen LogP contribution is -2.14. The van der Waals surface area contributed by atoms with E-state index in [-0.39, 0.29) is 0 Å². The Morgan fingerprint density at radius 2 is 1.77 bits per heavy atom. The predicted molar refractivity (Wildman–Crippen MR) is 111 cm³/mol. The third kappa shape index (κ3) is 3.33. The van der Waals surface area contributed by atoms with E-state index >= 15 is 0 Å². The Morgan fingerprint density at radius 1 is 1.00 bits per heavy atom. The largest absolute Gasteiger partial charge is 0.367 e. The lowest BCUT2D eigenvalue weighted by Gasteiger charge is -2.09. The smallest absolute Gasteiger partial charge is 0.162 e. The molecule has 0 spiro atoms. The van der Waals surface area contributed by atoms with Crippen molar-refractivity contribution in [2.45, 2.75) is 0 Å². The fourth-order valence-corrected chi connectivity index (χ4v) is 3.94. The van der Waals surface area contributed by atoms with Crippen LogP contribution >= 0.6 is 27.3 Å². The molecule has 1 aromatic carbocycles. The Kier molecular flexibility index (Phi) is 4.92. The molecule has 4 rings (SSSR count). The molecule has 0 amide bonds. The maximum absolute atomic E-state index is 5.66. The SMILES string of the molecule is NCCNc1nc(-c2ccncc2)nc2c(-c3ccc(Br)cc3)csc12. The van der Waals surface area contributed by atoms with Gasteiger partial charge in [0.15, 0.2) is 5.82 Å². The monoisotopic (exact) mass is 425 g/mol. The van der Waals surface area contributed by atoms with Crippen molar-refractivity contribution in [3.63, 3.8) is 0 Å². The van der Waals surface area contributed by atoms with Crippen LogP contribution < -0.4 is 11.1 Å². The van der Waals surface area contributed by atoms with Gasteiger partial charge < -0.3 is 11.1 Å². The third-order valence-electron chi connectivity index (χ3n) is 3.95. The molecule has 0 unspecified atom stereocenters. The summed E-state index contributed by atoms with van der Waals surface area (Å²) < 4.78 is 2.09. The number of benzene rings is 1. The fourth-order valence-electron chi connectivity index (χ4n) is 2.69. The number of nitrogens with two attached hydrogens (primary N) is 1. The number of hydrogen-bond donors (Lipinski definition) is 2. The van der Waals surface area contributed by atoms with E-state index in [2.05, 4.69) is 43.7 Å². The molecule has 0 saturated heterocycles. The van der Waals surface area contributed by atoms with Crippen molar-refractivity contribution in [2.75, 3.05) is 18.4 Å². The standard InChI is InChI=1S/C19H16BrN5S/c20-14-3-1-12(2-4-14)15-11-26-17-16(15)24-18(13-5-8-22-9-6-13)25-19(17)23-10-7-21/h1-6,8-9,11H,7,10,21H2,(H,23,24,25). The molecule has 26 heavy (non-hydrogen) atoms. The molecule has 0 radical (unpaired) electrons. The molecular weight excluding hydrogens is 410 g/mol. The first-order valence-corrected chi connectivity index (χ1v) is 9.83. The highest BCUT2D eigenvalue weighted by molar-refractivity contribution is 9.10. The Bertz CT molecular complexity index is 1030. The van der Waals surface area contributed by atoms with E-state index in [0.717, 1.165) is 37.2 Å². The first-order valence-electron chi connectivity index (χ1n) is 8.16. The molecule has 0 bridgehead atoms. The third-order valence-corrected chi connectivity index (χ3v) is 5.45. The van der Waals surface area contributed by atoms with Crippen LogP contribution in [0.5, 0.6) is 0 Å². The summed E-state index contributed by atoms with van der Waals surface area (Å²) in [5, 5.41) is 5.46. The molecule has 0 aliphatic rings. The predicted octanol–water partition coefficient (Wildman–Crippen LogP) is 4.55. The molecule has 0 saturated carbocycles. The molecule has 3 aromatic heterocycles. The van der Waals surface area contributed by atoms with Crippen molar-refractivity contribution in [3.8, 4) is 22.5 Å². The van der Waals surface area contributed by atoms with Gasteiger partial charge in [0.25, 0.3) is 0 Å². The van der Waals surface area contributed by atoms with Crippen molar-refractivity contribution in [3.05, 3.63) is 58.6 Å². The molecule has 0 aliphatic carbocycles. The second-order valence-electron chi connectivity index (χ2n) is 5.68. The zero-order valence-corrected chi connectivity index (χ0v) is 16.2. The average molecular weight is 426 g/mol. The number of nitrogens with one attached hydrogen (secondary N) is 1. The van der Waals surface area contributed by atoms with E-state index in [1.165, 1.54) is 0 Å². The Labute approximate surface area is 163 Å². The number of thiophene rings is 1. The number of rotatable bonds is 5. The Hall–Kier alpha value is -2.35. The van der Waals surface area contributed by atoms with Crippen molar-refractivity contribution in [2.24, 2.45) is 5.73 Å². The number of hydrogen-bond acceptors (Lipinski definition) is 6. The van der Waals surface area contributed by atoms with Crippen LogP contribution in [0.2, 0.25) is 0 Å². The zero-order chi connectivity index (χ0) is 17.9. The minimum atomic E-state index is 0.543. The van der Waals surface area contributed by atoms with Gasteiger partial charge in [0.1, 0.15) is 5.82 Å². The number of fused-ring (bicyclic) bond motifs is 1. The molecule has 3 N–H and O–H groups in total. The summed E-state index contributed by atoms with van der Waals surface area (Å²) in [7, 11) is 0. The normalized spacial score (nSPS) is 11.0. The summed E-state index contributed by atoms with van der Waals surface area (Å²) >= 11 is 5.13. The van der Waals surface area contributed by atoms with Crippen LogP contribution in [0.25, 0.3) is 32.7 Å². The van der Waals surface area contributed by atoms with Crippen LogP contribution in [0.15, 0.2) is 58.6 Å². The van der Waals surface area contributed by atoms with Crippen LogP contribution in [0.1, 0.15) is 0 Å². The summed E-state index contributed by atoms with van der Waals surface area (Å²) in [5.74, 6) is 1.50. The van der Waals surface area contributed by atoms with Crippen molar-refractivity contribution in [1.29, 1.82) is 0 Å². The highest BCUT2D eigenvalue weighted by Gasteiger charge is 2.15. The van der Waals surface area contributed by atoms with Crippen molar-refractivity contribution >= 4 is 43.3 Å². The van der Waals surface area contributed by atoms with Crippen LogP contribution in [0.3, 0.4) is 0 Å². The van der Waals surface area contributed by atoms with Crippen LogP contribution in [0, 0.1) is 0 Å². The van der Waals surface area contributed by atoms with Crippen LogP contribution in [0.4, 0.5) is 5.82 Å². The number of aromatic nitrogens is 3. The Morgan fingerprint density at radius 3 is 2.50 bits per heavy atom. The molecule has 5 nitrogen and oxygen atoms in total. The summed E-state index contributed by atoms with van der Waals surface area (Å²) in [6, 6.07) is 12.1. The zero-order valence-electron chi connectivity index (χ0n) is 13.8. The van der Waals surface area contributed by atoms with E-state index in [9.17, 15) is 0 Å². The van der Waals surface area contributed by atoms with Gasteiger partial charge in [-0.15, -0.1) is 11.3 Å². The fraction of sp³-hybridized carbons (Fsp3) is 0.105. The van der Waals surface area contributed by atoms with Crippen molar-refractivity contribution in [1.82, 2.24) is 15.0 Å². The molecule has 0 atom stereocenters. The summed E-state index contributed by atoms with van der Waals surface area (Å²) in [5.41, 5.74) is 9.77. The second kappa shape index (κ2) is 7.49. The molecule has 3 heterocycles. The van der Waals surface area contributed by atoms with E-state index < -0.39 is 0 Å². The number of nitrogens with zero attached hydrogens (tertiary/aromatic N) is 3. The number of anilines is 1. The molecule has 4 aromatic rings. The molecular formula is C19H16BrN5S. The van der Waals surface area contributed by atoms with Crippen molar-refractivity contribution < 1.29 is 0 Å². The lowest BCUT2D eigenvalue weighted by atomic mass is 10.1. The molecule has 0 aliphatic heterocycles. The lowest BCUT2D eigenvalue weighted by molar-refractivity contribution is 1.01. The second-order valence-corrected chi connectivity index (χ2v) is 7.48. The minimum absolute atomic E-state index is 0.543. The highest BCUT2D eigenvalue weighted by Crippen LogP contribution is 2.37. The van der Waals surface area contributed by atoms with Gasteiger partial charge >= 0.3 is 0 Å². The van der Waals surface area contributed by atoms with Gasteiger partial charge in [-0.05, 0) is 29.8 Å². The number of halogens is 1.